The standard InChI is InChI=1S/C25H46O2/c1-3-5-7-9-11-13-14-15-16-18-20-22-24-27-25(26)23-21-19-17-12-10-8-6-4-2/h2H,3,5-24H2,1H3. The van der Waals surface area contributed by atoms with Crippen LogP contribution in [0.3, 0.4) is 0 Å². The average molecular weight is 379 g/mol. The van der Waals surface area contributed by atoms with E-state index in [0.717, 1.165) is 32.1 Å². The molecule has 0 aromatic carbocycles. The van der Waals surface area contributed by atoms with Crippen molar-refractivity contribution < 1.29 is 9.53 Å². The van der Waals surface area contributed by atoms with Crippen molar-refractivity contribution in [3.05, 3.63) is 0 Å². The fraction of sp³-hybridized carbons (Fsp3) is 0.880. The summed E-state index contributed by atoms with van der Waals surface area (Å²) < 4.78 is 5.33. The van der Waals surface area contributed by atoms with Crippen molar-refractivity contribution in [3.63, 3.8) is 0 Å². The number of hydrogen-bond acceptors (Lipinski definition) is 2. The van der Waals surface area contributed by atoms with E-state index in [4.69, 9.17) is 11.2 Å². The molecule has 0 aliphatic heterocycles. The number of ether oxygens (including phenoxy) is 1. The van der Waals surface area contributed by atoms with Crippen LogP contribution in [0.5, 0.6) is 0 Å². The molecule has 0 N–H and O–H groups in total. The van der Waals surface area contributed by atoms with Crippen molar-refractivity contribution in [1.29, 1.82) is 0 Å². The summed E-state index contributed by atoms with van der Waals surface area (Å²) >= 11 is 0. The zero-order chi connectivity index (χ0) is 19.8. The molecule has 2 nitrogen and oxygen atoms in total. The summed E-state index contributed by atoms with van der Waals surface area (Å²) in [4.78, 5) is 11.7. The van der Waals surface area contributed by atoms with Crippen LogP contribution in [-0.4, -0.2) is 12.6 Å². The van der Waals surface area contributed by atoms with Gasteiger partial charge in [-0.25, -0.2) is 0 Å². The molecule has 0 rings (SSSR count). The molecule has 0 aliphatic carbocycles. The molecule has 2 heteroatoms. The van der Waals surface area contributed by atoms with Crippen LogP contribution < -0.4 is 0 Å². The van der Waals surface area contributed by atoms with Gasteiger partial charge in [0.1, 0.15) is 0 Å². The van der Waals surface area contributed by atoms with E-state index in [0.29, 0.717) is 13.0 Å². The fourth-order valence-electron chi connectivity index (χ4n) is 3.40. The summed E-state index contributed by atoms with van der Waals surface area (Å²) in [5.41, 5.74) is 0. The third kappa shape index (κ3) is 23.0. The van der Waals surface area contributed by atoms with Gasteiger partial charge in [-0.05, 0) is 19.3 Å². The Labute approximate surface area is 170 Å². The Kier molecular flexibility index (Phi) is 22.2. The first-order chi connectivity index (χ1) is 13.3. The van der Waals surface area contributed by atoms with Crippen LogP contribution in [0.2, 0.25) is 0 Å². The maximum absolute atomic E-state index is 11.7. The van der Waals surface area contributed by atoms with Crippen LogP contribution in [0.4, 0.5) is 0 Å². The molecule has 0 aliphatic rings. The molecule has 0 aromatic heterocycles. The van der Waals surface area contributed by atoms with E-state index in [-0.39, 0.29) is 5.97 Å². The first-order valence-electron chi connectivity index (χ1n) is 11.9. The topological polar surface area (TPSA) is 26.3 Å². The molecule has 0 heterocycles. The number of carbonyl (C=O) groups is 1. The van der Waals surface area contributed by atoms with Crippen LogP contribution in [0.15, 0.2) is 0 Å². The molecule has 0 bridgehead atoms. The Balaban J connectivity index is 3.14. The number of unbranched alkanes of at least 4 members (excludes halogenated alkanes) is 17. The Morgan fingerprint density at radius 2 is 1.11 bits per heavy atom. The Morgan fingerprint density at radius 1 is 0.667 bits per heavy atom. The Bertz CT molecular complexity index is 343. The second kappa shape index (κ2) is 23.1. The van der Waals surface area contributed by atoms with Crippen molar-refractivity contribution >= 4 is 5.97 Å². The van der Waals surface area contributed by atoms with Gasteiger partial charge in [0.25, 0.3) is 0 Å². The fourth-order valence-corrected chi connectivity index (χ4v) is 3.40. The van der Waals surface area contributed by atoms with Gasteiger partial charge < -0.3 is 4.74 Å². The zero-order valence-electron chi connectivity index (χ0n) is 18.2. The van der Waals surface area contributed by atoms with Gasteiger partial charge in [-0.2, -0.15) is 0 Å². The molecule has 0 amide bonds. The maximum Gasteiger partial charge on any atom is 0.305 e. The van der Waals surface area contributed by atoms with Crippen LogP contribution in [0, 0.1) is 12.3 Å². The van der Waals surface area contributed by atoms with E-state index in [9.17, 15) is 4.79 Å². The predicted molar refractivity (Wildman–Crippen MR) is 118 cm³/mol. The smallest absolute Gasteiger partial charge is 0.305 e. The van der Waals surface area contributed by atoms with Gasteiger partial charge in [0.15, 0.2) is 0 Å². The second-order valence-electron chi connectivity index (χ2n) is 7.94. The molecule has 0 fully saturated rings. The molecule has 0 saturated carbocycles. The van der Waals surface area contributed by atoms with E-state index in [2.05, 4.69) is 12.8 Å². The number of esters is 1. The molecule has 0 unspecified atom stereocenters. The van der Waals surface area contributed by atoms with Crippen molar-refractivity contribution in [1.82, 2.24) is 0 Å². The summed E-state index contributed by atoms with van der Waals surface area (Å²) in [6.45, 7) is 2.88. The lowest BCUT2D eigenvalue weighted by Gasteiger charge is -2.05. The van der Waals surface area contributed by atoms with Gasteiger partial charge in [0, 0.05) is 12.8 Å². The van der Waals surface area contributed by atoms with Crippen molar-refractivity contribution in [2.75, 3.05) is 6.61 Å². The van der Waals surface area contributed by atoms with E-state index in [1.165, 1.54) is 89.9 Å². The summed E-state index contributed by atoms with van der Waals surface area (Å²) in [6, 6.07) is 0. The monoisotopic (exact) mass is 378 g/mol. The van der Waals surface area contributed by atoms with Gasteiger partial charge in [0.2, 0.25) is 0 Å². The van der Waals surface area contributed by atoms with Crippen molar-refractivity contribution in [2.24, 2.45) is 0 Å². The molecule has 27 heavy (non-hydrogen) atoms. The third-order valence-electron chi connectivity index (χ3n) is 5.21. The van der Waals surface area contributed by atoms with Crippen LogP contribution in [-0.2, 0) is 9.53 Å². The average Bonchev–Trinajstić information content (AvgIpc) is 2.67. The van der Waals surface area contributed by atoms with Gasteiger partial charge in [-0.1, -0.05) is 103 Å². The summed E-state index contributed by atoms with van der Waals surface area (Å²) in [5.74, 6) is 2.67. The Morgan fingerprint density at radius 3 is 1.63 bits per heavy atom. The lowest BCUT2D eigenvalue weighted by atomic mass is 10.1. The molecule has 0 spiro atoms. The molecular weight excluding hydrogens is 332 g/mol. The van der Waals surface area contributed by atoms with E-state index >= 15 is 0 Å². The highest BCUT2D eigenvalue weighted by Crippen LogP contribution is 2.12. The number of terminal acetylenes is 1. The number of hydrogen-bond donors (Lipinski definition) is 0. The van der Waals surface area contributed by atoms with Crippen molar-refractivity contribution in [2.45, 2.75) is 135 Å². The normalized spacial score (nSPS) is 10.7. The van der Waals surface area contributed by atoms with Crippen LogP contribution in [0.25, 0.3) is 0 Å². The highest BCUT2D eigenvalue weighted by Gasteiger charge is 2.02. The highest BCUT2D eigenvalue weighted by molar-refractivity contribution is 5.69. The second-order valence-corrected chi connectivity index (χ2v) is 7.94. The minimum atomic E-state index is -0.00888. The van der Waals surface area contributed by atoms with Gasteiger partial charge in [-0.15, -0.1) is 12.3 Å². The minimum absolute atomic E-state index is 0.00888. The lowest BCUT2D eigenvalue weighted by Crippen LogP contribution is -2.05. The molecule has 158 valence electrons. The third-order valence-corrected chi connectivity index (χ3v) is 5.21. The minimum Gasteiger partial charge on any atom is -0.466 e. The van der Waals surface area contributed by atoms with Crippen molar-refractivity contribution in [3.8, 4) is 12.3 Å². The van der Waals surface area contributed by atoms with Crippen LogP contribution >= 0.6 is 0 Å². The largest absolute Gasteiger partial charge is 0.466 e. The van der Waals surface area contributed by atoms with E-state index in [1.54, 1.807) is 0 Å². The van der Waals surface area contributed by atoms with Crippen LogP contribution in [0.1, 0.15) is 135 Å². The van der Waals surface area contributed by atoms with Gasteiger partial charge >= 0.3 is 5.97 Å². The Hall–Kier alpha value is -0.970. The molecule has 0 atom stereocenters. The molecule has 0 saturated heterocycles. The first kappa shape index (κ1) is 26.0. The van der Waals surface area contributed by atoms with E-state index in [1.807, 2.05) is 0 Å². The summed E-state index contributed by atoms with van der Waals surface area (Å²) in [7, 11) is 0. The number of carbonyl (C=O) groups excluding carboxylic acids is 1. The molecule has 0 radical (unpaired) electrons. The SMILES string of the molecule is C#CCCCCCCCCC(=O)OCCCCCCCCCCCCCC. The zero-order valence-corrected chi connectivity index (χ0v) is 18.2. The van der Waals surface area contributed by atoms with E-state index < -0.39 is 0 Å². The summed E-state index contributed by atoms with van der Waals surface area (Å²) in [5, 5.41) is 0. The molecular formula is C25H46O2. The predicted octanol–water partition coefficient (Wildman–Crippen LogP) is 7.98. The quantitative estimate of drug-likeness (QED) is 0.115. The van der Waals surface area contributed by atoms with Gasteiger partial charge in [-0.3, -0.25) is 4.79 Å². The molecule has 0 aromatic rings. The highest BCUT2D eigenvalue weighted by atomic mass is 16.5. The lowest BCUT2D eigenvalue weighted by molar-refractivity contribution is -0.143. The van der Waals surface area contributed by atoms with Gasteiger partial charge in [0.05, 0.1) is 6.61 Å². The first-order valence-corrected chi connectivity index (χ1v) is 11.9. The number of rotatable bonds is 21. The summed E-state index contributed by atoms with van der Waals surface area (Å²) in [6.07, 6.45) is 29.6. The maximum atomic E-state index is 11.7.